The highest BCUT2D eigenvalue weighted by Crippen LogP contribution is 2.27. The standard InChI is InChI=1S/C12H19NO3/c1-4-9(16-5-2)12(14)11-10(15-3)7-6-8-13-11/h6-9,12,14H,4-5H2,1-3H3. The van der Waals surface area contributed by atoms with E-state index in [-0.39, 0.29) is 6.10 Å². The van der Waals surface area contributed by atoms with Crippen LogP contribution in [0.5, 0.6) is 5.75 Å². The number of hydrogen-bond donors (Lipinski definition) is 1. The SMILES string of the molecule is CCOC(CC)C(O)c1ncccc1OC. The zero-order valence-electron chi connectivity index (χ0n) is 10.0. The Kier molecular flexibility index (Phi) is 5.22. The number of hydrogen-bond acceptors (Lipinski definition) is 4. The molecule has 2 unspecified atom stereocenters. The van der Waals surface area contributed by atoms with Crippen LogP contribution in [0.3, 0.4) is 0 Å². The molecule has 0 aliphatic heterocycles. The van der Waals surface area contributed by atoms with E-state index in [4.69, 9.17) is 9.47 Å². The summed E-state index contributed by atoms with van der Waals surface area (Å²) in [6.45, 7) is 4.45. The summed E-state index contributed by atoms with van der Waals surface area (Å²) < 4.78 is 10.6. The van der Waals surface area contributed by atoms with E-state index in [2.05, 4.69) is 4.98 Å². The Labute approximate surface area is 96.2 Å². The van der Waals surface area contributed by atoms with Crippen LogP contribution in [0.25, 0.3) is 0 Å². The molecule has 4 heteroatoms. The van der Waals surface area contributed by atoms with Crippen molar-refractivity contribution in [3.63, 3.8) is 0 Å². The van der Waals surface area contributed by atoms with Crippen LogP contribution >= 0.6 is 0 Å². The quantitative estimate of drug-likeness (QED) is 0.803. The first-order valence-electron chi connectivity index (χ1n) is 5.53. The molecule has 0 saturated carbocycles. The molecule has 0 fully saturated rings. The molecule has 1 aromatic heterocycles. The molecular formula is C12H19NO3. The second kappa shape index (κ2) is 6.45. The van der Waals surface area contributed by atoms with E-state index in [1.807, 2.05) is 13.8 Å². The molecule has 0 aromatic carbocycles. The fourth-order valence-electron chi connectivity index (χ4n) is 1.62. The molecule has 16 heavy (non-hydrogen) atoms. The number of pyridine rings is 1. The molecule has 2 atom stereocenters. The third-order valence-electron chi connectivity index (χ3n) is 2.44. The van der Waals surface area contributed by atoms with Crippen LogP contribution < -0.4 is 4.74 Å². The van der Waals surface area contributed by atoms with Gasteiger partial charge in [0.15, 0.2) is 0 Å². The molecule has 0 spiro atoms. The molecule has 0 saturated heterocycles. The summed E-state index contributed by atoms with van der Waals surface area (Å²) in [6.07, 6.45) is 1.38. The van der Waals surface area contributed by atoms with Crippen molar-refractivity contribution in [2.45, 2.75) is 32.5 Å². The molecule has 0 amide bonds. The lowest BCUT2D eigenvalue weighted by Crippen LogP contribution is -2.22. The predicted molar refractivity (Wildman–Crippen MR) is 61.5 cm³/mol. The first kappa shape index (κ1) is 12.9. The Morgan fingerprint density at radius 2 is 2.19 bits per heavy atom. The van der Waals surface area contributed by atoms with Crippen LogP contribution in [0.15, 0.2) is 18.3 Å². The molecule has 0 radical (unpaired) electrons. The van der Waals surface area contributed by atoms with Crippen LogP contribution in [-0.4, -0.2) is 29.9 Å². The smallest absolute Gasteiger partial charge is 0.143 e. The van der Waals surface area contributed by atoms with Crippen LogP contribution in [-0.2, 0) is 4.74 Å². The van der Waals surface area contributed by atoms with Gasteiger partial charge in [-0.1, -0.05) is 6.92 Å². The van der Waals surface area contributed by atoms with Gasteiger partial charge in [0.2, 0.25) is 0 Å². The first-order chi connectivity index (χ1) is 7.74. The van der Waals surface area contributed by atoms with E-state index in [1.54, 1.807) is 25.4 Å². The molecule has 1 N–H and O–H groups in total. The van der Waals surface area contributed by atoms with Crippen LogP contribution in [0.4, 0.5) is 0 Å². The molecule has 0 bridgehead atoms. The third kappa shape index (κ3) is 2.93. The Balaban J connectivity index is 2.88. The highest BCUT2D eigenvalue weighted by molar-refractivity contribution is 5.29. The Morgan fingerprint density at radius 3 is 2.75 bits per heavy atom. The Bertz CT molecular complexity index is 317. The highest BCUT2D eigenvalue weighted by atomic mass is 16.5. The maximum Gasteiger partial charge on any atom is 0.143 e. The highest BCUT2D eigenvalue weighted by Gasteiger charge is 2.23. The van der Waals surface area contributed by atoms with Gasteiger partial charge in [0.25, 0.3) is 0 Å². The van der Waals surface area contributed by atoms with E-state index in [1.165, 1.54) is 0 Å². The molecule has 0 aliphatic carbocycles. The predicted octanol–water partition coefficient (Wildman–Crippen LogP) is 1.94. The number of ether oxygens (including phenoxy) is 2. The number of aliphatic hydroxyl groups excluding tert-OH is 1. The average molecular weight is 225 g/mol. The van der Waals surface area contributed by atoms with Gasteiger partial charge in [-0.05, 0) is 25.5 Å². The summed E-state index contributed by atoms with van der Waals surface area (Å²) in [5.41, 5.74) is 0.533. The fraction of sp³-hybridized carbons (Fsp3) is 0.583. The van der Waals surface area contributed by atoms with Crippen molar-refractivity contribution < 1.29 is 14.6 Å². The van der Waals surface area contributed by atoms with Crippen molar-refractivity contribution in [3.8, 4) is 5.75 Å². The molecular weight excluding hydrogens is 206 g/mol. The first-order valence-corrected chi connectivity index (χ1v) is 5.53. The van der Waals surface area contributed by atoms with Gasteiger partial charge in [-0.15, -0.1) is 0 Å². The summed E-state index contributed by atoms with van der Waals surface area (Å²) in [7, 11) is 1.56. The summed E-state index contributed by atoms with van der Waals surface area (Å²) in [5, 5.41) is 10.2. The Morgan fingerprint density at radius 1 is 1.44 bits per heavy atom. The number of rotatable bonds is 6. The zero-order valence-corrected chi connectivity index (χ0v) is 10.0. The minimum Gasteiger partial charge on any atom is -0.495 e. The van der Waals surface area contributed by atoms with Gasteiger partial charge in [0, 0.05) is 12.8 Å². The topological polar surface area (TPSA) is 51.6 Å². The number of methoxy groups -OCH3 is 1. The van der Waals surface area contributed by atoms with Gasteiger partial charge in [0.05, 0.1) is 13.2 Å². The summed E-state index contributed by atoms with van der Waals surface area (Å²) >= 11 is 0. The van der Waals surface area contributed by atoms with Gasteiger partial charge >= 0.3 is 0 Å². The lowest BCUT2D eigenvalue weighted by molar-refractivity contribution is -0.0382. The third-order valence-corrected chi connectivity index (χ3v) is 2.44. The van der Waals surface area contributed by atoms with Crippen molar-refractivity contribution in [2.75, 3.05) is 13.7 Å². The van der Waals surface area contributed by atoms with E-state index in [0.717, 1.165) is 6.42 Å². The van der Waals surface area contributed by atoms with Crippen molar-refractivity contribution in [3.05, 3.63) is 24.0 Å². The van der Waals surface area contributed by atoms with E-state index in [9.17, 15) is 5.11 Å². The molecule has 4 nitrogen and oxygen atoms in total. The van der Waals surface area contributed by atoms with Crippen LogP contribution in [0.2, 0.25) is 0 Å². The maximum absolute atomic E-state index is 10.2. The number of aromatic nitrogens is 1. The van der Waals surface area contributed by atoms with Crippen molar-refractivity contribution in [1.82, 2.24) is 4.98 Å². The number of aliphatic hydroxyl groups is 1. The monoisotopic (exact) mass is 225 g/mol. The second-order valence-corrected chi connectivity index (χ2v) is 3.44. The molecule has 1 heterocycles. The normalized spacial score (nSPS) is 14.5. The van der Waals surface area contributed by atoms with Crippen LogP contribution in [0.1, 0.15) is 32.1 Å². The minimum absolute atomic E-state index is 0.242. The van der Waals surface area contributed by atoms with Gasteiger partial charge in [0.1, 0.15) is 17.5 Å². The van der Waals surface area contributed by atoms with Crippen molar-refractivity contribution in [2.24, 2.45) is 0 Å². The molecule has 1 aromatic rings. The zero-order chi connectivity index (χ0) is 12.0. The summed E-state index contributed by atoms with van der Waals surface area (Å²) in [6, 6.07) is 3.56. The lowest BCUT2D eigenvalue weighted by Gasteiger charge is -2.22. The van der Waals surface area contributed by atoms with Crippen LogP contribution in [0, 0.1) is 0 Å². The van der Waals surface area contributed by atoms with E-state index >= 15 is 0 Å². The molecule has 90 valence electrons. The van der Waals surface area contributed by atoms with Gasteiger partial charge in [-0.25, -0.2) is 0 Å². The van der Waals surface area contributed by atoms with E-state index in [0.29, 0.717) is 18.1 Å². The van der Waals surface area contributed by atoms with Gasteiger partial charge in [-0.3, -0.25) is 4.98 Å². The minimum atomic E-state index is -0.749. The molecule has 1 rings (SSSR count). The second-order valence-electron chi connectivity index (χ2n) is 3.44. The molecule has 0 aliphatic rings. The van der Waals surface area contributed by atoms with Crippen molar-refractivity contribution in [1.29, 1.82) is 0 Å². The van der Waals surface area contributed by atoms with Crippen molar-refractivity contribution >= 4 is 0 Å². The largest absolute Gasteiger partial charge is 0.495 e. The Hall–Kier alpha value is -1.13. The fourth-order valence-corrected chi connectivity index (χ4v) is 1.62. The van der Waals surface area contributed by atoms with Gasteiger partial charge in [-0.2, -0.15) is 0 Å². The summed E-state index contributed by atoms with van der Waals surface area (Å²) in [4.78, 5) is 4.15. The number of nitrogens with zero attached hydrogens (tertiary/aromatic N) is 1. The van der Waals surface area contributed by atoms with E-state index < -0.39 is 6.10 Å². The maximum atomic E-state index is 10.2. The van der Waals surface area contributed by atoms with Gasteiger partial charge < -0.3 is 14.6 Å². The summed E-state index contributed by atoms with van der Waals surface area (Å²) in [5.74, 6) is 0.591. The average Bonchev–Trinajstić information content (AvgIpc) is 2.35. The lowest BCUT2D eigenvalue weighted by atomic mass is 10.1.